The summed E-state index contributed by atoms with van der Waals surface area (Å²) in [5.74, 6) is -1.55. The number of aromatic nitrogens is 1. The van der Waals surface area contributed by atoms with Crippen LogP contribution in [0.25, 0.3) is 10.9 Å². The summed E-state index contributed by atoms with van der Waals surface area (Å²) in [4.78, 5) is 54.2. The number of urea groups is 1. The van der Waals surface area contributed by atoms with Crippen molar-refractivity contribution in [2.45, 2.75) is 71.5 Å². The lowest BCUT2D eigenvalue weighted by atomic mass is 10.0. The number of aryl methyl sites for hydroxylation is 1. The Labute approximate surface area is 230 Å². The molecule has 1 aromatic heterocycles. The second-order valence-corrected chi connectivity index (χ2v) is 10.3. The van der Waals surface area contributed by atoms with E-state index in [0.717, 1.165) is 27.7 Å². The van der Waals surface area contributed by atoms with Gasteiger partial charge in [-0.2, -0.15) is 0 Å². The summed E-state index contributed by atoms with van der Waals surface area (Å²) >= 11 is 0. The molecule has 39 heavy (non-hydrogen) atoms. The Morgan fingerprint density at radius 3 is 2.31 bits per heavy atom. The second kappa shape index (κ2) is 14.8. The van der Waals surface area contributed by atoms with Gasteiger partial charge in [0.15, 0.2) is 0 Å². The Kier molecular flexibility index (Phi) is 11.8. The number of carbonyl (C=O) groups excluding carboxylic acids is 4. The third-order valence-corrected chi connectivity index (χ3v) is 6.29. The van der Waals surface area contributed by atoms with Crippen molar-refractivity contribution >= 4 is 34.7 Å². The molecule has 11 heteroatoms. The number of primary amides is 1. The van der Waals surface area contributed by atoms with Crippen molar-refractivity contribution in [2.24, 2.45) is 11.7 Å². The van der Waals surface area contributed by atoms with Gasteiger partial charge in [-0.05, 0) is 56.7 Å². The first-order chi connectivity index (χ1) is 18.4. The largest absolute Gasteiger partial charge is 0.389 e. The SMILES string of the molecule is C=C(C)NCCCC(NC(=O)[C@H](Cc1c[nH]c2ccc(C)cc12)NC(=O)NC)C(=O)N[C@@H](CC(C)C)C(N)=O. The fourth-order valence-corrected chi connectivity index (χ4v) is 4.26. The fourth-order valence-electron chi connectivity index (χ4n) is 4.26. The summed E-state index contributed by atoms with van der Waals surface area (Å²) in [6.45, 7) is 12.0. The van der Waals surface area contributed by atoms with Crippen LogP contribution in [0, 0.1) is 12.8 Å². The zero-order valence-corrected chi connectivity index (χ0v) is 23.6. The maximum Gasteiger partial charge on any atom is 0.315 e. The van der Waals surface area contributed by atoms with Crippen molar-refractivity contribution in [3.63, 3.8) is 0 Å². The molecular formula is C28H43N7O4. The summed E-state index contributed by atoms with van der Waals surface area (Å²) in [6.07, 6.45) is 3.23. The molecule has 11 nitrogen and oxygen atoms in total. The zero-order chi connectivity index (χ0) is 29.1. The monoisotopic (exact) mass is 541 g/mol. The molecule has 5 amide bonds. The number of carbonyl (C=O) groups is 4. The number of aromatic amines is 1. The molecule has 0 saturated carbocycles. The number of hydrogen-bond donors (Lipinski definition) is 7. The van der Waals surface area contributed by atoms with Crippen LogP contribution in [0.15, 0.2) is 36.7 Å². The van der Waals surface area contributed by atoms with E-state index in [4.69, 9.17) is 5.73 Å². The van der Waals surface area contributed by atoms with Gasteiger partial charge in [-0.25, -0.2) is 4.79 Å². The van der Waals surface area contributed by atoms with E-state index in [-0.39, 0.29) is 12.3 Å². The number of benzene rings is 1. The first-order valence-electron chi connectivity index (χ1n) is 13.3. The fraction of sp³-hybridized carbons (Fsp3) is 0.500. The normalized spacial score (nSPS) is 13.3. The molecule has 1 aromatic carbocycles. The number of H-pyrrole nitrogens is 1. The molecule has 0 fully saturated rings. The minimum atomic E-state index is -0.962. The van der Waals surface area contributed by atoms with Gasteiger partial charge in [0.05, 0.1) is 0 Å². The standard InChI is InChI=1S/C28H43N7O4/c1-16(2)12-23(25(29)36)34-26(37)22(8-7-11-31-17(3)4)33-27(38)24(35-28(39)30-6)14-19-15-32-21-10-9-18(5)13-20(19)21/h9-10,13,15-16,22-24,31-32H,3,7-8,11-12,14H2,1-2,4-6H3,(H2,29,36)(H,33,38)(H,34,37)(H2,30,35,39)/t22?,23-,24-/m0/s1. The van der Waals surface area contributed by atoms with Gasteiger partial charge in [0.1, 0.15) is 18.1 Å². The highest BCUT2D eigenvalue weighted by molar-refractivity contribution is 5.94. The summed E-state index contributed by atoms with van der Waals surface area (Å²) in [5.41, 5.74) is 9.14. The first kappa shape index (κ1) is 31.2. The van der Waals surface area contributed by atoms with Gasteiger partial charge in [0, 0.05) is 42.8 Å². The first-order valence-corrected chi connectivity index (χ1v) is 13.3. The van der Waals surface area contributed by atoms with Crippen LogP contribution >= 0.6 is 0 Å². The van der Waals surface area contributed by atoms with Crippen LogP contribution in [0.3, 0.4) is 0 Å². The van der Waals surface area contributed by atoms with Gasteiger partial charge in [0.25, 0.3) is 0 Å². The molecular weight excluding hydrogens is 498 g/mol. The number of nitrogens with two attached hydrogens (primary N) is 1. The average Bonchev–Trinajstić information content (AvgIpc) is 3.25. The van der Waals surface area contributed by atoms with Crippen LogP contribution in [0.1, 0.15) is 51.2 Å². The number of rotatable bonds is 15. The highest BCUT2D eigenvalue weighted by Gasteiger charge is 2.29. The van der Waals surface area contributed by atoms with E-state index in [2.05, 4.69) is 38.1 Å². The summed E-state index contributed by atoms with van der Waals surface area (Å²) < 4.78 is 0. The van der Waals surface area contributed by atoms with Crippen LogP contribution in [0.5, 0.6) is 0 Å². The van der Waals surface area contributed by atoms with Gasteiger partial charge in [-0.15, -0.1) is 0 Å². The molecule has 1 unspecified atom stereocenters. The van der Waals surface area contributed by atoms with E-state index in [9.17, 15) is 19.2 Å². The van der Waals surface area contributed by atoms with Gasteiger partial charge in [-0.1, -0.05) is 32.1 Å². The molecule has 0 aliphatic rings. The van der Waals surface area contributed by atoms with Crippen molar-refractivity contribution < 1.29 is 19.2 Å². The predicted octanol–water partition coefficient (Wildman–Crippen LogP) is 1.72. The van der Waals surface area contributed by atoms with Crippen LogP contribution in [0.2, 0.25) is 0 Å². The van der Waals surface area contributed by atoms with Crippen molar-refractivity contribution in [3.8, 4) is 0 Å². The Morgan fingerprint density at radius 2 is 1.69 bits per heavy atom. The lowest BCUT2D eigenvalue weighted by Crippen LogP contribution is -2.57. The Bertz CT molecular complexity index is 1170. The third kappa shape index (κ3) is 9.99. The predicted molar refractivity (Wildman–Crippen MR) is 153 cm³/mol. The number of fused-ring (bicyclic) bond motifs is 1. The van der Waals surface area contributed by atoms with Crippen LogP contribution < -0.4 is 32.3 Å². The highest BCUT2D eigenvalue weighted by Crippen LogP contribution is 2.21. The lowest BCUT2D eigenvalue weighted by molar-refractivity contribution is -0.132. The van der Waals surface area contributed by atoms with Crippen LogP contribution in [0.4, 0.5) is 4.79 Å². The smallest absolute Gasteiger partial charge is 0.315 e. The zero-order valence-electron chi connectivity index (χ0n) is 23.6. The second-order valence-electron chi connectivity index (χ2n) is 10.3. The van der Waals surface area contributed by atoms with Gasteiger partial charge < -0.3 is 37.3 Å². The van der Waals surface area contributed by atoms with E-state index in [1.54, 1.807) is 0 Å². The Morgan fingerprint density at radius 1 is 1.03 bits per heavy atom. The van der Waals surface area contributed by atoms with E-state index in [1.807, 2.05) is 52.1 Å². The topological polar surface area (TPSA) is 170 Å². The molecule has 8 N–H and O–H groups in total. The molecule has 0 aliphatic carbocycles. The Hall–Kier alpha value is -4.02. The van der Waals surface area contributed by atoms with Crippen molar-refractivity contribution in [2.75, 3.05) is 13.6 Å². The number of hydrogen-bond acceptors (Lipinski definition) is 5. The van der Waals surface area contributed by atoms with Crippen LogP contribution in [-0.2, 0) is 20.8 Å². The molecule has 0 spiro atoms. The number of amides is 5. The van der Waals surface area contributed by atoms with Gasteiger partial charge in [0.2, 0.25) is 17.7 Å². The van der Waals surface area contributed by atoms with Gasteiger partial charge >= 0.3 is 6.03 Å². The van der Waals surface area contributed by atoms with Crippen molar-refractivity contribution in [3.05, 3.63) is 47.8 Å². The third-order valence-electron chi connectivity index (χ3n) is 6.29. The average molecular weight is 542 g/mol. The molecule has 0 bridgehead atoms. The molecule has 214 valence electrons. The molecule has 1 heterocycles. The van der Waals surface area contributed by atoms with E-state index >= 15 is 0 Å². The summed E-state index contributed by atoms with van der Waals surface area (Å²) in [7, 11) is 1.46. The maximum absolute atomic E-state index is 13.5. The lowest BCUT2D eigenvalue weighted by Gasteiger charge is -2.25. The van der Waals surface area contributed by atoms with Crippen molar-refractivity contribution in [1.29, 1.82) is 0 Å². The molecule has 0 radical (unpaired) electrons. The molecule has 2 aromatic rings. The van der Waals surface area contributed by atoms with Gasteiger partial charge in [-0.3, -0.25) is 14.4 Å². The highest BCUT2D eigenvalue weighted by atomic mass is 16.2. The minimum Gasteiger partial charge on any atom is -0.389 e. The molecule has 3 atom stereocenters. The molecule has 2 rings (SSSR count). The molecule has 0 aliphatic heterocycles. The molecule has 0 saturated heterocycles. The number of nitrogens with one attached hydrogen (secondary N) is 6. The van der Waals surface area contributed by atoms with E-state index < -0.39 is 41.9 Å². The van der Waals surface area contributed by atoms with Crippen LogP contribution in [-0.4, -0.2) is 60.5 Å². The van der Waals surface area contributed by atoms with E-state index in [0.29, 0.717) is 25.8 Å². The quantitative estimate of drug-likeness (QED) is 0.170. The number of allylic oxidation sites excluding steroid dienone is 1. The van der Waals surface area contributed by atoms with E-state index in [1.165, 1.54) is 7.05 Å². The summed E-state index contributed by atoms with van der Waals surface area (Å²) in [6, 6.07) is 2.66. The van der Waals surface area contributed by atoms with Crippen molar-refractivity contribution in [1.82, 2.24) is 31.6 Å². The minimum absolute atomic E-state index is 0.122. The maximum atomic E-state index is 13.5. The Balaban J connectivity index is 2.27. The summed E-state index contributed by atoms with van der Waals surface area (Å²) in [5, 5.41) is 14.7.